The van der Waals surface area contributed by atoms with Crippen molar-refractivity contribution in [3.05, 3.63) is 69.0 Å². The van der Waals surface area contributed by atoms with Gasteiger partial charge >= 0.3 is 5.76 Å². The van der Waals surface area contributed by atoms with Gasteiger partial charge in [-0.15, -0.1) is 11.3 Å². The number of aryl methyl sites for hydroxylation is 1. The summed E-state index contributed by atoms with van der Waals surface area (Å²) in [6.07, 6.45) is 0.209. The van der Waals surface area contributed by atoms with E-state index >= 15 is 0 Å². The Kier molecular flexibility index (Phi) is 4.14. The van der Waals surface area contributed by atoms with Crippen LogP contribution in [0.5, 0.6) is 0 Å². The quantitative estimate of drug-likeness (QED) is 0.577. The van der Waals surface area contributed by atoms with Gasteiger partial charge in [-0.25, -0.2) is 9.78 Å². The van der Waals surface area contributed by atoms with Crippen LogP contribution >= 0.6 is 11.3 Å². The molecule has 0 aliphatic heterocycles. The molecule has 1 amide bonds. The molecule has 0 radical (unpaired) electrons. The van der Waals surface area contributed by atoms with Crippen LogP contribution in [0.3, 0.4) is 0 Å². The molecule has 0 aliphatic carbocycles. The minimum atomic E-state index is -0.482. The number of benzene rings is 2. The molecular formula is C19H15N3O3S. The number of amides is 1. The molecule has 7 heteroatoms. The maximum Gasteiger partial charge on any atom is 0.417 e. The number of thiazole rings is 1. The fourth-order valence-electron chi connectivity index (χ4n) is 2.67. The van der Waals surface area contributed by atoms with E-state index in [1.807, 2.05) is 42.6 Å². The van der Waals surface area contributed by atoms with E-state index in [0.29, 0.717) is 11.1 Å². The van der Waals surface area contributed by atoms with Crippen molar-refractivity contribution >= 4 is 34.0 Å². The Hall–Kier alpha value is -3.19. The van der Waals surface area contributed by atoms with Gasteiger partial charge in [-0.3, -0.25) is 9.78 Å². The molecule has 2 aromatic carbocycles. The number of aromatic amines is 1. The normalized spacial score (nSPS) is 11.0. The highest BCUT2D eigenvalue weighted by Crippen LogP contribution is 2.25. The lowest BCUT2D eigenvalue weighted by molar-refractivity contribution is -0.115. The number of para-hydroxylation sites is 1. The SMILES string of the molecule is Cc1ccccc1NC(=O)Cc1nc(-c2ccc3[nH]c(=O)oc3c2)cs1. The van der Waals surface area contributed by atoms with Crippen LogP contribution in [0, 0.1) is 6.92 Å². The third-order valence-corrected chi connectivity index (χ3v) is 4.85. The Balaban J connectivity index is 1.51. The number of nitrogens with one attached hydrogen (secondary N) is 2. The van der Waals surface area contributed by atoms with Gasteiger partial charge in [0.15, 0.2) is 5.58 Å². The highest BCUT2D eigenvalue weighted by Gasteiger charge is 2.11. The monoisotopic (exact) mass is 365 g/mol. The topological polar surface area (TPSA) is 88.0 Å². The summed E-state index contributed by atoms with van der Waals surface area (Å²) in [4.78, 5) is 30.6. The van der Waals surface area contributed by atoms with Crippen LogP contribution in [0.2, 0.25) is 0 Å². The summed E-state index contributed by atoms with van der Waals surface area (Å²) in [5, 5.41) is 5.52. The Morgan fingerprint density at radius 3 is 2.96 bits per heavy atom. The second-order valence-electron chi connectivity index (χ2n) is 5.89. The first-order chi connectivity index (χ1) is 12.6. The van der Waals surface area contributed by atoms with Crippen LogP contribution in [0.25, 0.3) is 22.4 Å². The molecule has 0 saturated carbocycles. The minimum absolute atomic E-state index is 0.104. The second kappa shape index (κ2) is 6.61. The smallest absolute Gasteiger partial charge is 0.408 e. The zero-order chi connectivity index (χ0) is 18.1. The number of hydrogen-bond acceptors (Lipinski definition) is 5. The number of fused-ring (bicyclic) bond motifs is 1. The molecule has 0 saturated heterocycles. The van der Waals surface area contributed by atoms with Crippen molar-refractivity contribution in [2.45, 2.75) is 13.3 Å². The van der Waals surface area contributed by atoms with Gasteiger partial charge in [-0.2, -0.15) is 0 Å². The maximum atomic E-state index is 12.3. The van der Waals surface area contributed by atoms with E-state index in [9.17, 15) is 9.59 Å². The summed E-state index contributed by atoms with van der Waals surface area (Å²) in [5.74, 6) is -0.587. The molecule has 6 nitrogen and oxygen atoms in total. The molecule has 0 bridgehead atoms. The van der Waals surface area contributed by atoms with Gasteiger partial charge in [0.05, 0.1) is 17.6 Å². The number of aromatic nitrogens is 2. The third-order valence-electron chi connectivity index (χ3n) is 4.00. The van der Waals surface area contributed by atoms with Crippen molar-refractivity contribution in [2.75, 3.05) is 5.32 Å². The van der Waals surface area contributed by atoms with E-state index < -0.39 is 5.76 Å². The maximum absolute atomic E-state index is 12.3. The van der Waals surface area contributed by atoms with Crippen LogP contribution in [0.1, 0.15) is 10.6 Å². The first-order valence-corrected chi connectivity index (χ1v) is 8.89. The van der Waals surface area contributed by atoms with Crippen LogP contribution < -0.4 is 11.1 Å². The van der Waals surface area contributed by atoms with Crippen LogP contribution in [0.15, 0.2) is 57.1 Å². The Labute approximate surface area is 152 Å². The predicted octanol–water partition coefficient (Wildman–Crippen LogP) is 3.73. The molecule has 4 aromatic rings. The molecule has 0 spiro atoms. The van der Waals surface area contributed by atoms with Crippen LogP contribution in [-0.2, 0) is 11.2 Å². The number of oxazole rings is 1. The number of nitrogens with zero attached hydrogens (tertiary/aromatic N) is 1. The second-order valence-corrected chi connectivity index (χ2v) is 6.83. The van der Waals surface area contributed by atoms with Gasteiger partial charge in [0.2, 0.25) is 5.91 Å². The summed E-state index contributed by atoms with van der Waals surface area (Å²) in [5.41, 5.74) is 4.54. The molecule has 2 heterocycles. The van der Waals surface area contributed by atoms with E-state index in [0.717, 1.165) is 27.5 Å². The highest BCUT2D eigenvalue weighted by atomic mass is 32.1. The molecule has 0 fully saturated rings. The van der Waals surface area contributed by atoms with E-state index in [1.165, 1.54) is 11.3 Å². The molecule has 26 heavy (non-hydrogen) atoms. The van der Waals surface area contributed by atoms with Gasteiger partial charge in [0.25, 0.3) is 0 Å². The number of H-pyrrole nitrogens is 1. The molecule has 2 N–H and O–H groups in total. The number of anilines is 1. The predicted molar refractivity (Wildman–Crippen MR) is 101 cm³/mol. The highest BCUT2D eigenvalue weighted by molar-refractivity contribution is 7.10. The molecule has 0 unspecified atom stereocenters. The van der Waals surface area contributed by atoms with Gasteiger partial charge < -0.3 is 9.73 Å². The number of rotatable bonds is 4. The molecule has 0 atom stereocenters. The van der Waals surface area contributed by atoms with E-state index in [2.05, 4.69) is 15.3 Å². The average molecular weight is 365 g/mol. The largest absolute Gasteiger partial charge is 0.417 e. The third kappa shape index (κ3) is 3.29. The van der Waals surface area contributed by atoms with Crippen LogP contribution in [-0.4, -0.2) is 15.9 Å². The van der Waals surface area contributed by atoms with Gasteiger partial charge in [0.1, 0.15) is 5.01 Å². The number of carbonyl (C=O) groups is 1. The van der Waals surface area contributed by atoms with Crippen molar-refractivity contribution in [1.29, 1.82) is 0 Å². The van der Waals surface area contributed by atoms with Crippen molar-refractivity contribution in [3.63, 3.8) is 0 Å². The van der Waals surface area contributed by atoms with Gasteiger partial charge in [-0.1, -0.05) is 24.3 Å². The van der Waals surface area contributed by atoms with Crippen LogP contribution in [0.4, 0.5) is 5.69 Å². The summed E-state index contributed by atoms with van der Waals surface area (Å²) < 4.78 is 5.08. The van der Waals surface area contributed by atoms with Crippen molar-refractivity contribution in [2.24, 2.45) is 0 Å². The first kappa shape index (κ1) is 16.3. The van der Waals surface area contributed by atoms with Crippen molar-refractivity contribution in [1.82, 2.24) is 9.97 Å². The number of hydrogen-bond donors (Lipinski definition) is 2. The Bertz CT molecular complexity index is 1160. The Morgan fingerprint density at radius 1 is 1.27 bits per heavy atom. The van der Waals surface area contributed by atoms with Crippen molar-refractivity contribution in [3.8, 4) is 11.3 Å². The lowest BCUT2D eigenvalue weighted by atomic mass is 10.1. The summed E-state index contributed by atoms with van der Waals surface area (Å²) in [6.45, 7) is 1.95. The summed E-state index contributed by atoms with van der Waals surface area (Å²) in [6, 6.07) is 13.0. The van der Waals surface area contributed by atoms with Gasteiger partial charge in [-0.05, 0) is 30.7 Å². The lowest BCUT2D eigenvalue weighted by Crippen LogP contribution is -2.14. The fourth-order valence-corrected chi connectivity index (χ4v) is 3.48. The van der Waals surface area contributed by atoms with E-state index in [1.54, 1.807) is 12.1 Å². The summed E-state index contributed by atoms with van der Waals surface area (Å²) in [7, 11) is 0. The zero-order valence-electron chi connectivity index (χ0n) is 13.9. The van der Waals surface area contributed by atoms with Crippen molar-refractivity contribution < 1.29 is 9.21 Å². The molecular weight excluding hydrogens is 350 g/mol. The molecule has 130 valence electrons. The fraction of sp³-hybridized carbons (Fsp3) is 0.105. The zero-order valence-corrected chi connectivity index (χ0v) is 14.7. The Morgan fingerprint density at radius 2 is 2.12 bits per heavy atom. The van der Waals surface area contributed by atoms with E-state index in [4.69, 9.17) is 4.42 Å². The van der Waals surface area contributed by atoms with Gasteiger partial charge in [0, 0.05) is 16.6 Å². The first-order valence-electron chi connectivity index (χ1n) is 8.01. The molecule has 4 rings (SSSR count). The molecule has 0 aliphatic rings. The molecule has 2 aromatic heterocycles. The average Bonchev–Trinajstić information content (AvgIpc) is 3.21. The van der Waals surface area contributed by atoms with E-state index in [-0.39, 0.29) is 12.3 Å². The number of carbonyl (C=O) groups excluding carboxylic acids is 1. The standard InChI is InChI=1S/C19H15N3O3S/c1-11-4-2-3-5-13(11)20-17(23)9-18-21-15(10-26-18)12-6-7-14-16(8-12)25-19(24)22-14/h2-8,10H,9H2,1H3,(H,20,23)(H,22,24). The minimum Gasteiger partial charge on any atom is -0.408 e. The lowest BCUT2D eigenvalue weighted by Gasteiger charge is -2.06. The summed E-state index contributed by atoms with van der Waals surface area (Å²) >= 11 is 1.43.